The maximum absolute atomic E-state index is 10.6. The Hall–Kier alpha value is -0.400. The number of methoxy groups -OCH3 is 2. The van der Waals surface area contributed by atoms with Crippen LogP contribution in [0.4, 0.5) is 0 Å². The van der Waals surface area contributed by atoms with Crippen molar-refractivity contribution in [3.63, 3.8) is 0 Å². The van der Waals surface area contributed by atoms with Crippen LogP contribution < -0.4 is 0 Å². The molecule has 0 radical (unpaired) electrons. The molecule has 4 aliphatic rings. The fraction of sp³-hybridized carbons (Fsp3) is 1.00. The Morgan fingerprint density at radius 2 is 1.07 bits per heavy atom. The average molecular weight is 394 g/mol. The van der Waals surface area contributed by atoms with Gasteiger partial charge >= 0.3 is 0 Å². The molecule has 10 heteroatoms. The van der Waals surface area contributed by atoms with Gasteiger partial charge in [0.1, 0.15) is 36.6 Å². The summed E-state index contributed by atoms with van der Waals surface area (Å²) >= 11 is 0. The minimum absolute atomic E-state index is 0.351. The fourth-order valence-corrected chi connectivity index (χ4v) is 3.44. The Morgan fingerprint density at radius 1 is 0.630 bits per heavy atom. The molecule has 1 N–H and O–H groups in total. The SMILES string of the molecule is COCCOCCOC1C2OC3OC1C(OCCOCCOC)[C@@H](O3)C2O. The summed E-state index contributed by atoms with van der Waals surface area (Å²) in [5, 5.41) is 10.6. The second kappa shape index (κ2) is 11.0. The summed E-state index contributed by atoms with van der Waals surface area (Å²) in [6, 6.07) is 0. The number of ether oxygens (including phenoxy) is 9. The monoisotopic (exact) mass is 394 g/mol. The van der Waals surface area contributed by atoms with Crippen LogP contribution in [0.5, 0.6) is 0 Å². The summed E-state index contributed by atoms with van der Waals surface area (Å²) in [4.78, 5) is 0. The fourth-order valence-electron chi connectivity index (χ4n) is 3.44. The summed E-state index contributed by atoms with van der Waals surface area (Å²) in [6.45, 7) is 2.80. The molecule has 4 bridgehead atoms. The summed E-state index contributed by atoms with van der Waals surface area (Å²) in [5.41, 5.74) is 0. The summed E-state index contributed by atoms with van der Waals surface area (Å²) < 4.78 is 49.4. The van der Waals surface area contributed by atoms with Gasteiger partial charge in [0.05, 0.1) is 52.9 Å². The number of aliphatic hydroxyl groups is 1. The molecule has 0 aromatic rings. The predicted octanol–water partition coefficient (Wildman–Crippen LogP) is -1.08. The molecule has 3 aliphatic heterocycles. The Kier molecular flexibility index (Phi) is 8.65. The Labute approximate surface area is 158 Å². The molecule has 7 atom stereocenters. The van der Waals surface area contributed by atoms with E-state index in [9.17, 15) is 5.11 Å². The molecule has 4 rings (SSSR count). The first-order valence-electron chi connectivity index (χ1n) is 9.27. The lowest BCUT2D eigenvalue weighted by molar-refractivity contribution is -0.486. The van der Waals surface area contributed by atoms with E-state index in [0.29, 0.717) is 52.9 Å². The smallest absolute Gasteiger partial charge is 0.272 e. The van der Waals surface area contributed by atoms with E-state index in [4.69, 9.17) is 42.6 Å². The Balaban J connectivity index is 1.46. The van der Waals surface area contributed by atoms with Crippen LogP contribution in [0.1, 0.15) is 0 Å². The van der Waals surface area contributed by atoms with E-state index >= 15 is 0 Å². The second-order valence-corrected chi connectivity index (χ2v) is 6.46. The minimum atomic E-state index is -0.847. The van der Waals surface area contributed by atoms with E-state index in [2.05, 4.69) is 0 Å². The molecule has 0 amide bonds. The highest BCUT2D eigenvalue weighted by Crippen LogP contribution is 2.42. The summed E-state index contributed by atoms with van der Waals surface area (Å²) in [6.07, 6.45) is -3.16. The molecular formula is C17H30O10. The van der Waals surface area contributed by atoms with Crippen LogP contribution in [0.15, 0.2) is 0 Å². The molecule has 1 saturated carbocycles. The molecule has 10 nitrogen and oxygen atoms in total. The number of hydrogen-bond acceptors (Lipinski definition) is 10. The van der Waals surface area contributed by atoms with E-state index in [1.807, 2.05) is 0 Å². The quantitative estimate of drug-likeness (QED) is 0.366. The van der Waals surface area contributed by atoms with Gasteiger partial charge in [-0.2, -0.15) is 0 Å². The largest absolute Gasteiger partial charge is 0.387 e. The van der Waals surface area contributed by atoms with Crippen LogP contribution in [0.2, 0.25) is 0 Å². The van der Waals surface area contributed by atoms with Gasteiger partial charge in [0.25, 0.3) is 6.48 Å². The van der Waals surface area contributed by atoms with Gasteiger partial charge in [-0.1, -0.05) is 0 Å². The zero-order valence-electron chi connectivity index (χ0n) is 15.8. The van der Waals surface area contributed by atoms with Gasteiger partial charge in [0.15, 0.2) is 0 Å². The van der Waals surface area contributed by atoms with E-state index < -0.39 is 37.0 Å². The molecule has 158 valence electrons. The first-order valence-corrected chi connectivity index (χ1v) is 9.27. The molecule has 3 heterocycles. The van der Waals surface area contributed by atoms with Gasteiger partial charge < -0.3 is 47.7 Å². The molecule has 3 saturated heterocycles. The van der Waals surface area contributed by atoms with Gasteiger partial charge in [-0.15, -0.1) is 0 Å². The molecule has 0 spiro atoms. The van der Waals surface area contributed by atoms with Crippen molar-refractivity contribution in [2.45, 2.75) is 43.1 Å². The van der Waals surface area contributed by atoms with Crippen LogP contribution >= 0.6 is 0 Å². The molecule has 0 aromatic carbocycles. The number of rotatable bonds is 14. The number of hydrogen-bond donors (Lipinski definition) is 1. The van der Waals surface area contributed by atoms with E-state index in [1.165, 1.54) is 0 Å². The minimum Gasteiger partial charge on any atom is -0.387 e. The van der Waals surface area contributed by atoms with Crippen molar-refractivity contribution in [2.75, 3.05) is 67.1 Å². The van der Waals surface area contributed by atoms with Crippen molar-refractivity contribution >= 4 is 0 Å². The highest BCUT2D eigenvalue weighted by Gasteiger charge is 2.62. The van der Waals surface area contributed by atoms with Crippen molar-refractivity contribution in [3.05, 3.63) is 0 Å². The highest BCUT2D eigenvalue weighted by molar-refractivity contribution is 5.06. The van der Waals surface area contributed by atoms with E-state index in [-0.39, 0.29) is 6.10 Å². The van der Waals surface area contributed by atoms with E-state index in [1.54, 1.807) is 14.2 Å². The third-order valence-electron chi connectivity index (χ3n) is 4.71. The van der Waals surface area contributed by atoms with Crippen molar-refractivity contribution in [1.82, 2.24) is 0 Å². The Morgan fingerprint density at radius 3 is 1.56 bits per heavy atom. The van der Waals surface area contributed by atoms with Gasteiger partial charge in [0.2, 0.25) is 0 Å². The first-order chi connectivity index (χ1) is 13.3. The van der Waals surface area contributed by atoms with Crippen LogP contribution in [0.3, 0.4) is 0 Å². The molecular weight excluding hydrogens is 364 g/mol. The average Bonchev–Trinajstić information content (AvgIpc) is 2.67. The Bertz CT molecular complexity index is 391. The summed E-state index contributed by atoms with van der Waals surface area (Å²) in [5.74, 6) is 0. The topological polar surface area (TPSA) is 103 Å². The van der Waals surface area contributed by atoms with Gasteiger partial charge in [-0.3, -0.25) is 0 Å². The molecule has 4 fully saturated rings. The van der Waals surface area contributed by atoms with Crippen LogP contribution in [-0.4, -0.2) is 115 Å². The lowest BCUT2D eigenvalue weighted by Crippen LogP contribution is -2.76. The number of aliphatic hydroxyl groups excluding tert-OH is 1. The first kappa shape index (κ1) is 21.3. The van der Waals surface area contributed by atoms with Gasteiger partial charge in [-0.05, 0) is 0 Å². The maximum atomic E-state index is 10.6. The third-order valence-corrected chi connectivity index (χ3v) is 4.71. The molecule has 0 aromatic heterocycles. The van der Waals surface area contributed by atoms with Crippen molar-refractivity contribution in [3.8, 4) is 0 Å². The van der Waals surface area contributed by atoms with Gasteiger partial charge in [0, 0.05) is 14.2 Å². The highest BCUT2D eigenvalue weighted by atomic mass is 16.9. The van der Waals surface area contributed by atoms with Gasteiger partial charge in [-0.25, -0.2) is 0 Å². The third kappa shape index (κ3) is 5.36. The van der Waals surface area contributed by atoms with E-state index in [0.717, 1.165) is 0 Å². The maximum Gasteiger partial charge on any atom is 0.272 e. The van der Waals surface area contributed by atoms with Crippen LogP contribution in [0, 0.1) is 0 Å². The molecule has 6 unspecified atom stereocenters. The predicted molar refractivity (Wildman–Crippen MR) is 89.3 cm³/mol. The lowest BCUT2D eigenvalue weighted by Gasteiger charge is -2.57. The lowest BCUT2D eigenvalue weighted by atomic mass is 9.82. The normalized spacial score (nSPS) is 37.2. The summed E-state index contributed by atoms with van der Waals surface area (Å²) in [7, 11) is 3.24. The second-order valence-electron chi connectivity index (χ2n) is 6.46. The zero-order chi connectivity index (χ0) is 19.1. The zero-order valence-corrected chi connectivity index (χ0v) is 15.8. The standard InChI is InChI=1S/C17H30O10/c1-19-3-5-21-7-9-23-14-12-11(18)13-15(16(14)27-17(25-12)26-13)24-10-8-22-6-4-20-2/h11-18H,3-10H2,1-2H3/t11?,12-,13?,14?,15?,16?,17?/m0/s1. The molecule has 1 aliphatic carbocycles. The van der Waals surface area contributed by atoms with Crippen LogP contribution in [-0.2, 0) is 42.6 Å². The van der Waals surface area contributed by atoms with Crippen LogP contribution in [0.25, 0.3) is 0 Å². The van der Waals surface area contributed by atoms with Crippen molar-refractivity contribution in [2.24, 2.45) is 0 Å². The van der Waals surface area contributed by atoms with Crippen molar-refractivity contribution in [1.29, 1.82) is 0 Å². The molecule has 27 heavy (non-hydrogen) atoms. The van der Waals surface area contributed by atoms with Crippen molar-refractivity contribution < 1.29 is 47.7 Å².